The van der Waals surface area contributed by atoms with Crippen molar-refractivity contribution < 1.29 is 18.4 Å². The number of pyridine rings is 2. The van der Waals surface area contributed by atoms with Gasteiger partial charge in [0, 0.05) is 25.0 Å². The number of carbonyl (C=O) groups is 1. The van der Waals surface area contributed by atoms with Gasteiger partial charge in [-0.25, -0.2) is 19.9 Å². The third-order valence-electron chi connectivity index (χ3n) is 5.20. The van der Waals surface area contributed by atoms with Crippen molar-refractivity contribution in [1.29, 1.82) is 0 Å². The summed E-state index contributed by atoms with van der Waals surface area (Å²) in [5, 5.41) is 0. The van der Waals surface area contributed by atoms with Gasteiger partial charge >= 0.3 is 5.97 Å². The molecular formula is C25H21N7O3. The van der Waals surface area contributed by atoms with E-state index in [1.54, 1.807) is 22.8 Å². The number of fused-ring (bicyclic) bond motifs is 1. The quantitative estimate of drug-likeness (QED) is 0.370. The van der Waals surface area contributed by atoms with Crippen molar-refractivity contribution in [2.24, 2.45) is 0 Å². The van der Waals surface area contributed by atoms with Gasteiger partial charge in [0.05, 0.1) is 28.7 Å². The molecule has 174 valence electrons. The highest BCUT2D eigenvalue weighted by Crippen LogP contribution is 2.30. The molecule has 0 bridgehead atoms. The average Bonchev–Trinajstić information content (AvgIpc) is 3.26. The summed E-state index contributed by atoms with van der Waals surface area (Å²) in [5.41, 5.74) is 10.2. The third-order valence-corrected chi connectivity index (χ3v) is 5.20. The van der Waals surface area contributed by atoms with Gasteiger partial charge in [0.2, 0.25) is 0 Å². The Morgan fingerprint density at radius 3 is 2.51 bits per heavy atom. The van der Waals surface area contributed by atoms with Gasteiger partial charge in [0.25, 0.3) is 0 Å². The van der Waals surface area contributed by atoms with Gasteiger partial charge in [-0.1, -0.05) is 12.1 Å². The minimum atomic E-state index is -2.57. The van der Waals surface area contributed by atoms with E-state index in [1.165, 1.54) is 31.6 Å². The van der Waals surface area contributed by atoms with Crippen LogP contribution in [-0.2, 0) is 16.1 Å². The van der Waals surface area contributed by atoms with Crippen molar-refractivity contribution >= 4 is 23.0 Å². The van der Waals surface area contributed by atoms with Crippen LogP contribution in [0.5, 0.6) is 5.75 Å². The molecule has 10 heteroatoms. The van der Waals surface area contributed by atoms with Crippen molar-refractivity contribution in [3.63, 3.8) is 0 Å². The highest BCUT2D eigenvalue weighted by Gasteiger charge is 2.20. The lowest BCUT2D eigenvalue weighted by Crippen LogP contribution is -2.04. The number of rotatable bonds is 6. The molecule has 4 heterocycles. The molecule has 5 rings (SSSR count). The molecule has 2 N–H and O–H groups in total. The Balaban J connectivity index is 1.61. The highest BCUT2D eigenvalue weighted by atomic mass is 16.5. The Bertz CT molecular complexity index is 1620. The maximum absolute atomic E-state index is 11.2. The molecule has 0 saturated heterocycles. The van der Waals surface area contributed by atoms with Crippen LogP contribution in [0.1, 0.15) is 16.6 Å². The van der Waals surface area contributed by atoms with E-state index in [0.717, 1.165) is 11.3 Å². The van der Waals surface area contributed by atoms with Crippen LogP contribution in [0.2, 0.25) is 0 Å². The minimum absolute atomic E-state index is 0.120. The van der Waals surface area contributed by atoms with Crippen LogP contribution >= 0.6 is 0 Å². The summed E-state index contributed by atoms with van der Waals surface area (Å²) in [6.07, 6.45) is 4.36. The number of anilines is 1. The first kappa shape index (κ1) is 18.6. The summed E-state index contributed by atoms with van der Waals surface area (Å²) < 4.78 is 33.5. The number of nitrogens with two attached hydrogens (primary N) is 1. The Morgan fingerprint density at radius 2 is 1.80 bits per heavy atom. The van der Waals surface area contributed by atoms with Crippen LogP contribution in [0, 0.1) is 0 Å². The minimum Gasteiger partial charge on any atom is -0.495 e. The van der Waals surface area contributed by atoms with Crippen molar-refractivity contribution in [1.82, 2.24) is 29.5 Å². The molecule has 0 fully saturated rings. The van der Waals surface area contributed by atoms with Gasteiger partial charge in [-0.2, -0.15) is 0 Å². The number of benzene rings is 1. The van der Waals surface area contributed by atoms with Crippen molar-refractivity contribution in [2.45, 2.75) is 13.5 Å². The van der Waals surface area contributed by atoms with E-state index >= 15 is 0 Å². The van der Waals surface area contributed by atoms with Crippen LogP contribution in [0.3, 0.4) is 0 Å². The fourth-order valence-corrected chi connectivity index (χ4v) is 3.54. The second-order valence-electron chi connectivity index (χ2n) is 7.53. The highest BCUT2D eigenvalue weighted by molar-refractivity contribution is 5.83. The topological polar surface area (TPSA) is 131 Å². The lowest BCUT2D eigenvalue weighted by Gasteiger charge is -2.11. The Morgan fingerprint density at radius 1 is 1.00 bits per heavy atom. The van der Waals surface area contributed by atoms with Crippen molar-refractivity contribution in [2.75, 3.05) is 12.8 Å². The molecule has 10 nitrogen and oxygen atoms in total. The van der Waals surface area contributed by atoms with Gasteiger partial charge in [0.1, 0.15) is 23.6 Å². The lowest BCUT2D eigenvalue weighted by molar-refractivity contribution is -0.142. The number of carbonyl (C=O) groups excluding carboxylic acids is 1. The Labute approximate surface area is 204 Å². The van der Waals surface area contributed by atoms with Gasteiger partial charge in [0.15, 0.2) is 17.3 Å². The molecule has 0 spiro atoms. The summed E-state index contributed by atoms with van der Waals surface area (Å²) in [6, 6.07) is 14.1. The zero-order chi connectivity index (χ0) is 26.9. The maximum atomic E-state index is 11.2. The molecule has 0 aliphatic carbocycles. The van der Waals surface area contributed by atoms with Gasteiger partial charge < -0.3 is 15.2 Å². The summed E-state index contributed by atoms with van der Waals surface area (Å²) in [4.78, 5) is 33.6. The van der Waals surface area contributed by atoms with Gasteiger partial charge in [-0.05, 0) is 42.0 Å². The number of nitrogen functional groups attached to an aromatic ring is 1. The zero-order valence-electron chi connectivity index (χ0n) is 21.5. The van der Waals surface area contributed by atoms with Gasteiger partial charge in [-0.15, -0.1) is 0 Å². The van der Waals surface area contributed by atoms with Crippen LogP contribution in [0.25, 0.3) is 39.8 Å². The number of nitrogens with zero attached hydrogens (tertiary/aromatic N) is 6. The van der Waals surface area contributed by atoms with Crippen molar-refractivity contribution in [3.05, 3.63) is 72.7 Å². The first-order valence-electron chi connectivity index (χ1n) is 12.0. The summed E-state index contributed by atoms with van der Waals surface area (Å²) in [7, 11) is -2.57. The van der Waals surface area contributed by atoms with Crippen LogP contribution in [0.15, 0.2) is 67.1 Å². The molecule has 35 heavy (non-hydrogen) atoms. The van der Waals surface area contributed by atoms with Crippen LogP contribution < -0.4 is 10.5 Å². The number of hydrogen-bond donors (Lipinski definition) is 1. The maximum Gasteiger partial charge on any atom is 0.302 e. The normalized spacial score (nSPS) is 12.5. The number of imidazole rings is 1. The van der Waals surface area contributed by atoms with Gasteiger partial charge in [-0.3, -0.25) is 14.3 Å². The van der Waals surface area contributed by atoms with E-state index < -0.39 is 7.04 Å². The average molecular weight is 471 g/mol. The summed E-state index contributed by atoms with van der Waals surface area (Å²) in [6.45, 7) is 1.51. The molecular weight excluding hydrogens is 446 g/mol. The second-order valence-corrected chi connectivity index (χ2v) is 7.53. The molecule has 1 aromatic carbocycles. The number of ether oxygens (including phenoxy) is 2. The van der Waals surface area contributed by atoms with E-state index in [1.807, 2.05) is 24.3 Å². The number of esters is 1. The van der Waals surface area contributed by atoms with E-state index in [2.05, 4.69) is 15.0 Å². The molecule has 0 amide bonds. The first-order valence-corrected chi connectivity index (χ1v) is 10.5. The zero-order valence-corrected chi connectivity index (χ0v) is 18.5. The summed E-state index contributed by atoms with van der Waals surface area (Å²) >= 11 is 0. The molecule has 0 radical (unpaired) electrons. The molecule has 0 unspecified atom stereocenters. The SMILES string of the molecule is [2H]C([2H])([2H])Oc1ccc(-c2ccc3nc(-c4nccnc4N)n(-c4ccc(COC(C)=O)cc4)c3n2)nc1. The fraction of sp³-hybridized carbons (Fsp3) is 0.120. The smallest absolute Gasteiger partial charge is 0.302 e. The third kappa shape index (κ3) is 4.36. The largest absolute Gasteiger partial charge is 0.495 e. The molecule has 5 aromatic rings. The van der Waals surface area contributed by atoms with Crippen LogP contribution in [-0.4, -0.2) is 42.5 Å². The second kappa shape index (κ2) is 9.18. The molecule has 0 aliphatic rings. The first-order chi connectivity index (χ1) is 18.2. The standard InChI is InChI=1S/C25H21N7O3/c1-15(33)35-14-16-3-5-17(6-4-16)32-24-21(31-25(32)22-23(26)28-12-11-27-22)10-9-20(30-24)19-8-7-18(34-2)13-29-19/h3-13H,14H2,1-2H3,(H2,26,28)/i2D3. The molecule has 4 aromatic heterocycles. The van der Waals surface area contributed by atoms with Crippen LogP contribution in [0.4, 0.5) is 5.82 Å². The lowest BCUT2D eigenvalue weighted by atomic mass is 10.2. The Kier molecular flexibility index (Phi) is 4.87. The van der Waals surface area contributed by atoms with E-state index in [4.69, 9.17) is 29.3 Å². The predicted molar refractivity (Wildman–Crippen MR) is 130 cm³/mol. The number of methoxy groups -OCH3 is 1. The van der Waals surface area contributed by atoms with E-state index in [9.17, 15) is 4.79 Å². The Hall–Kier alpha value is -4.86. The van der Waals surface area contributed by atoms with E-state index in [0.29, 0.717) is 34.1 Å². The molecule has 0 aliphatic heterocycles. The van der Waals surface area contributed by atoms with Crippen molar-refractivity contribution in [3.8, 4) is 34.3 Å². The number of hydrogen-bond acceptors (Lipinski definition) is 9. The molecule has 0 saturated carbocycles. The monoisotopic (exact) mass is 470 g/mol. The molecule has 0 atom stereocenters. The predicted octanol–water partition coefficient (Wildman–Crippen LogP) is 3.59. The summed E-state index contributed by atoms with van der Waals surface area (Å²) in [5.74, 6) is 0.409. The van der Waals surface area contributed by atoms with E-state index in [-0.39, 0.29) is 24.1 Å². The fourth-order valence-electron chi connectivity index (χ4n) is 3.54. The number of aromatic nitrogens is 6.